The highest BCUT2D eigenvalue weighted by Gasteiger charge is 2.52. The summed E-state index contributed by atoms with van der Waals surface area (Å²) in [5, 5.41) is 4.39. The molecule has 1 unspecified atom stereocenters. The number of esters is 1. The molecule has 0 radical (unpaired) electrons. The fraction of sp³-hybridized carbons (Fsp3) is 0.280. The van der Waals surface area contributed by atoms with Crippen molar-refractivity contribution in [3.63, 3.8) is 0 Å². The summed E-state index contributed by atoms with van der Waals surface area (Å²) in [5.41, 5.74) is 1.27. The number of sulfonamides is 1. The van der Waals surface area contributed by atoms with Crippen LogP contribution in [0.1, 0.15) is 17.7 Å². The van der Waals surface area contributed by atoms with E-state index in [-0.39, 0.29) is 25.9 Å². The number of carbonyl (C=O) groups excluding carboxylic acids is 1. The third-order valence-corrected chi connectivity index (χ3v) is 8.66. The molecule has 8 nitrogen and oxygen atoms in total. The van der Waals surface area contributed by atoms with Gasteiger partial charge in [-0.1, -0.05) is 0 Å². The van der Waals surface area contributed by atoms with Crippen LogP contribution in [0.5, 0.6) is 5.75 Å². The van der Waals surface area contributed by atoms with Crippen molar-refractivity contribution in [3.8, 4) is 11.4 Å². The Morgan fingerprint density at radius 2 is 1.76 bits per heavy atom. The van der Waals surface area contributed by atoms with Gasteiger partial charge < -0.3 is 9.47 Å². The zero-order valence-electron chi connectivity index (χ0n) is 19.9. The summed E-state index contributed by atoms with van der Waals surface area (Å²) in [6, 6.07) is 7.16. The van der Waals surface area contributed by atoms with Crippen LogP contribution in [0.15, 0.2) is 53.1 Å². The van der Waals surface area contributed by atoms with Gasteiger partial charge in [-0.3, -0.25) is 4.79 Å². The van der Waals surface area contributed by atoms with Gasteiger partial charge in [-0.25, -0.2) is 26.3 Å². The lowest BCUT2D eigenvalue weighted by atomic mass is 9.69. The molecule has 0 bridgehead atoms. The van der Waals surface area contributed by atoms with E-state index in [0.717, 1.165) is 11.4 Å². The van der Waals surface area contributed by atoms with Crippen molar-refractivity contribution >= 4 is 22.1 Å². The number of methoxy groups -OCH3 is 2. The van der Waals surface area contributed by atoms with E-state index in [2.05, 4.69) is 9.84 Å². The second-order valence-electron chi connectivity index (χ2n) is 8.87. The molecule has 2 aromatic carbocycles. The van der Waals surface area contributed by atoms with Crippen molar-refractivity contribution in [2.24, 2.45) is 5.41 Å². The van der Waals surface area contributed by atoms with E-state index in [4.69, 9.17) is 4.74 Å². The molecule has 0 spiro atoms. The number of hydrogen-bond donors (Lipinski definition) is 0. The second kappa shape index (κ2) is 9.03. The molecule has 194 valence electrons. The zero-order chi connectivity index (χ0) is 26.5. The Morgan fingerprint density at radius 1 is 1.08 bits per heavy atom. The minimum absolute atomic E-state index is 0.0256. The largest absolute Gasteiger partial charge is 0.491 e. The predicted molar refractivity (Wildman–Crippen MR) is 126 cm³/mol. The SMILES string of the molecule is COC(=O)C12Cc3cnn(-c4ccc(F)cc4)c3C=C1CCN(S(=O)(=O)c1cc(F)c(OC)c(F)c1)C2. The van der Waals surface area contributed by atoms with Crippen LogP contribution in [-0.2, 0) is 26.0 Å². The number of hydrogen-bond acceptors (Lipinski definition) is 6. The number of ether oxygens (including phenoxy) is 2. The number of halogens is 3. The first-order valence-corrected chi connectivity index (χ1v) is 12.7. The Hall–Kier alpha value is -3.64. The Labute approximate surface area is 211 Å². The zero-order valence-corrected chi connectivity index (χ0v) is 20.7. The Morgan fingerprint density at radius 3 is 2.38 bits per heavy atom. The molecule has 0 amide bonds. The van der Waals surface area contributed by atoms with Crippen molar-refractivity contribution in [2.45, 2.75) is 17.7 Å². The first-order valence-electron chi connectivity index (χ1n) is 11.3. The summed E-state index contributed by atoms with van der Waals surface area (Å²) < 4.78 is 81.2. The molecule has 1 aliphatic carbocycles. The number of fused-ring (bicyclic) bond motifs is 2. The minimum atomic E-state index is -4.38. The van der Waals surface area contributed by atoms with Gasteiger partial charge in [0.05, 0.1) is 36.7 Å². The molecule has 5 rings (SSSR count). The van der Waals surface area contributed by atoms with E-state index in [1.807, 2.05) is 0 Å². The lowest BCUT2D eigenvalue weighted by molar-refractivity contribution is -0.151. The van der Waals surface area contributed by atoms with E-state index < -0.39 is 49.5 Å². The first kappa shape index (κ1) is 25.0. The predicted octanol–water partition coefficient (Wildman–Crippen LogP) is 3.49. The fourth-order valence-corrected chi connectivity index (χ4v) is 6.53. The maximum Gasteiger partial charge on any atom is 0.317 e. The van der Waals surface area contributed by atoms with Crippen LogP contribution in [0.25, 0.3) is 11.8 Å². The van der Waals surface area contributed by atoms with Crippen LogP contribution in [0, 0.1) is 22.9 Å². The van der Waals surface area contributed by atoms with Crippen molar-refractivity contribution in [3.05, 3.63) is 76.9 Å². The Balaban J connectivity index is 1.54. The van der Waals surface area contributed by atoms with Gasteiger partial charge in [0.25, 0.3) is 0 Å². The van der Waals surface area contributed by atoms with Crippen LogP contribution in [0.3, 0.4) is 0 Å². The Kier molecular flexibility index (Phi) is 6.11. The highest BCUT2D eigenvalue weighted by atomic mass is 32.2. The van der Waals surface area contributed by atoms with E-state index in [9.17, 15) is 26.4 Å². The number of piperidine rings is 1. The molecule has 0 N–H and O–H groups in total. The maximum absolute atomic E-state index is 14.3. The fourth-order valence-electron chi connectivity index (χ4n) is 5.00. The molecule has 2 aliphatic rings. The van der Waals surface area contributed by atoms with Crippen molar-refractivity contribution in [1.29, 1.82) is 0 Å². The van der Waals surface area contributed by atoms with Gasteiger partial charge in [0.2, 0.25) is 10.0 Å². The summed E-state index contributed by atoms with van der Waals surface area (Å²) in [4.78, 5) is 12.6. The standard InChI is InChI=1S/C25H22F3N3O5S/c1-35-23-20(27)10-19(11-21(23)28)37(33,34)30-8-7-16-9-22-15(12-25(16,14-30)24(32)36-2)13-29-31(22)18-5-3-17(26)4-6-18/h3-6,9-11,13H,7-8,12,14H2,1-2H3. The summed E-state index contributed by atoms with van der Waals surface area (Å²) >= 11 is 0. The van der Waals surface area contributed by atoms with E-state index in [1.54, 1.807) is 29.1 Å². The summed E-state index contributed by atoms with van der Waals surface area (Å²) in [7, 11) is -2.09. The molecule has 2 heterocycles. The van der Waals surface area contributed by atoms with Crippen LogP contribution < -0.4 is 4.74 Å². The third kappa shape index (κ3) is 4.00. The number of carbonyl (C=O) groups is 1. The number of aromatic nitrogens is 2. The van der Waals surface area contributed by atoms with Crippen LogP contribution in [0.2, 0.25) is 0 Å². The van der Waals surface area contributed by atoms with Gasteiger partial charge >= 0.3 is 5.97 Å². The molecule has 3 aromatic rings. The van der Waals surface area contributed by atoms with Gasteiger partial charge in [0.1, 0.15) is 11.2 Å². The molecule has 1 aliphatic heterocycles. The van der Waals surface area contributed by atoms with Crippen LogP contribution in [0.4, 0.5) is 13.2 Å². The van der Waals surface area contributed by atoms with Gasteiger partial charge in [-0.05, 0) is 66.5 Å². The van der Waals surface area contributed by atoms with Gasteiger partial charge in [0.15, 0.2) is 17.4 Å². The topological polar surface area (TPSA) is 90.7 Å². The highest BCUT2D eigenvalue weighted by Crippen LogP contribution is 2.46. The number of benzene rings is 2. The monoisotopic (exact) mass is 533 g/mol. The molecule has 0 saturated carbocycles. The molecule has 12 heteroatoms. The summed E-state index contributed by atoms with van der Waals surface area (Å²) in [5.74, 6) is -4.02. The maximum atomic E-state index is 14.3. The molecule has 37 heavy (non-hydrogen) atoms. The van der Waals surface area contributed by atoms with Gasteiger partial charge in [-0.2, -0.15) is 9.40 Å². The lowest BCUT2D eigenvalue weighted by Crippen LogP contribution is -2.53. The third-order valence-electron chi connectivity index (χ3n) is 6.84. The smallest absolute Gasteiger partial charge is 0.317 e. The molecule has 1 aromatic heterocycles. The number of rotatable bonds is 5. The normalized spacial score (nSPS) is 19.5. The molecular weight excluding hydrogens is 511 g/mol. The number of nitrogens with zero attached hydrogens (tertiary/aromatic N) is 3. The van der Waals surface area contributed by atoms with Crippen LogP contribution in [-0.4, -0.2) is 55.8 Å². The minimum Gasteiger partial charge on any atom is -0.491 e. The lowest BCUT2D eigenvalue weighted by Gasteiger charge is -2.43. The highest BCUT2D eigenvalue weighted by molar-refractivity contribution is 7.89. The first-order chi connectivity index (χ1) is 17.6. The van der Waals surface area contributed by atoms with Crippen molar-refractivity contribution < 1.29 is 35.9 Å². The van der Waals surface area contributed by atoms with E-state index in [1.165, 1.54) is 19.2 Å². The van der Waals surface area contributed by atoms with Gasteiger partial charge in [-0.15, -0.1) is 0 Å². The molecular formula is C25H22F3N3O5S. The Bertz CT molecular complexity index is 1510. The van der Waals surface area contributed by atoms with Crippen molar-refractivity contribution in [2.75, 3.05) is 27.3 Å². The van der Waals surface area contributed by atoms with E-state index in [0.29, 0.717) is 34.7 Å². The second-order valence-corrected chi connectivity index (χ2v) is 10.8. The quantitative estimate of drug-likeness (QED) is 0.467. The van der Waals surface area contributed by atoms with Crippen LogP contribution >= 0.6 is 0 Å². The summed E-state index contributed by atoms with van der Waals surface area (Å²) in [6.07, 6.45) is 3.62. The van der Waals surface area contributed by atoms with E-state index >= 15 is 0 Å². The van der Waals surface area contributed by atoms with Crippen molar-refractivity contribution in [1.82, 2.24) is 14.1 Å². The molecule has 1 saturated heterocycles. The molecule has 1 fully saturated rings. The molecule has 1 atom stereocenters. The van der Waals surface area contributed by atoms with Gasteiger partial charge in [0, 0.05) is 13.1 Å². The average Bonchev–Trinajstić information content (AvgIpc) is 3.28. The average molecular weight is 534 g/mol. The summed E-state index contributed by atoms with van der Waals surface area (Å²) in [6.45, 7) is -0.313.